The van der Waals surface area contributed by atoms with Gasteiger partial charge in [-0.05, 0) is 37.1 Å². The molecular weight excluding hydrogens is 391 g/mol. The Morgan fingerprint density at radius 2 is 1.63 bits per heavy atom. The van der Waals surface area contributed by atoms with Crippen LogP contribution in [-0.4, -0.2) is 17.7 Å². The van der Waals surface area contributed by atoms with Crippen molar-refractivity contribution >= 4 is 41.2 Å². The molecule has 1 aliphatic carbocycles. The van der Waals surface area contributed by atoms with Gasteiger partial charge in [0.25, 0.3) is 5.79 Å². The van der Waals surface area contributed by atoms with E-state index < -0.39 is 17.7 Å². The van der Waals surface area contributed by atoms with Gasteiger partial charge in [0, 0.05) is 24.5 Å². The predicted octanol–water partition coefficient (Wildman–Crippen LogP) is 5.40. The van der Waals surface area contributed by atoms with E-state index in [9.17, 15) is 9.59 Å². The number of ether oxygens (including phenoxy) is 2. The van der Waals surface area contributed by atoms with Crippen molar-refractivity contribution in [3.05, 3.63) is 51.7 Å². The van der Waals surface area contributed by atoms with Crippen molar-refractivity contribution < 1.29 is 23.5 Å². The summed E-state index contributed by atoms with van der Waals surface area (Å²) < 4.78 is 16.6. The van der Waals surface area contributed by atoms with Crippen molar-refractivity contribution in [2.75, 3.05) is 0 Å². The Bertz CT molecular complexity index is 916. The fourth-order valence-electron chi connectivity index (χ4n) is 3.38. The van der Waals surface area contributed by atoms with Gasteiger partial charge in [0.05, 0.1) is 10.0 Å². The Labute approximate surface area is 165 Å². The van der Waals surface area contributed by atoms with Crippen LogP contribution in [0.4, 0.5) is 0 Å². The van der Waals surface area contributed by atoms with Crippen LogP contribution in [0.25, 0.3) is 17.4 Å². The van der Waals surface area contributed by atoms with Gasteiger partial charge < -0.3 is 13.9 Å². The summed E-state index contributed by atoms with van der Waals surface area (Å²) in [5, 5.41) is 0.770. The van der Waals surface area contributed by atoms with E-state index in [1.54, 1.807) is 30.3 Å². The Morgan fingerprint density at radius 3 is 2.33 bits per heavy atom. The topological polar surface area (TPSA) is 65.7 Å². The van der Waals surface area contributed by atoms with Gasteiger partial charge >= 0.3 is 11.9 Å². The van der Waals surface area contributed by atoms with Crippen molar-refractivity contribution in [1.82, 2.24) is 0 Å². The van der Waals surface area contributed by atoms with Crippen LogP contribution in [-0.2, 0) is 19.1 Å². The fraction of sp³-hybridized carbons (Fsp3) is 0.300. The molecule has 1 saturated heterocycles. The lowest BCUT2D eigenvalue weighted by molar-refractivity contribution is -0.244. The van der Waals surface area contributed by atoms with E-state index in [-0.39, 0.29) is 5.57 Å². The number of esters is 2. The molecule has 1 spiro atoms. The van der Waals surface area contributed by atoms with Gasteiger partial charge in [-0.15, -0.1) is 0 Å². The standard InChI is InChI=1S/C20H16Cl2O5/c21-15-6-4-5-13(17(15)22)16-8-7-12(25-16)11-14-18(23)26-20(27-19(14)24)9-2-1-3-10-20/h4-8,11H,1-3,9-10H2. The van der Waals surface area contributed by atoms with Gasteiger partial charge in [0.15, 0.2) is 0 Å². The summed E-state index contributed by atoms with van der Waals surface area (Å²) in [5.74, 6) is -1.70. The Balaban J connectivity index is 1.59. The van der Waals surface area contributed by atoms with Crippen LogP contribution in [0.5, 0.6) is 0 Å². The first kappa shape index (κ1) is 18.1. The van der Waals surface area contributed by atoms with Crippen molar-refractivity contribution in [3.63, 3.8) is 0 Å². The summed E-state index contributed by atoms with van der Waals surface area (Å²) in [4.78, 5) is 24.8. The van der Waals surface area contributed by atoms with Crippen molar-refractivity contribution in [3.8, 4) is 11.3 Å². The zero-order valence-electron chi connectivity index (χ0n) is 14.3. The lowest BCUT2D eigenvalue weighted by Crippen LogP contribution is -2.47. The summed E-state index contributed by atoms with van der Waals surface area (Å²) in [7, 11) is 0. The van der Waals surface area contributed by atoms with E-state index in [0.717, 1.165) is 19.3 Å². The van der Waals surface area contributed by atoms with Crippen LogP contribution < -0.4 is 0 Å². The number of carbonyl (C=O) groups is 2. The highest BCUT2D eigenvalue weighted by Gasteiger charge is 2.46. The third-order valence-electron chi connectivity index (χ3n) is 4.74. The zero-order chi connectivity index (χ0) is 19.0. The SMILES string of the molecule is O=C1OC2(CCCCC2)OC(=O)C1=Cc1ccc(-c2cccc(Cl)c2Cl)o1. The normalized spacial score (nSPS) is 19.0. The van der Waals surface area contributed by atoms with E-state index in [4.69, 9.17) is 37.1 Å². The zero-order valence-corrected chi connectivity index (χ0v) is 15.8. The van der Waals surface area contributed by atoms with E-state index in [1.807, 2.05) is 0 Å². The van der Waals surface area contributed by atoms with Crippen LogP contribution in [0.3, 0.4) is 0 Å². The molecule has 2 aromatic rings. The second-order valence-corrected chi connectivity index (χ2v) is 7.40. The van der Waals surface area contributed by atoms with Crippen molar-refractivity contribution in [1.29, 1.82) is 0 Å². The average molecular weight is 407 g/mol. The molecule has 0 radical (unpaired) electrons. The van der Waals surface area contributed by atoms with Crippen LogP contribution in [0.2, 0.25) is 10.0 Å². The molecular formula is C20H16Cl2O5. The molecule has 0 atom stereocenters. The molecule has 2 fully saturated rings. The summed E-state index contributed by atoms with van der Waals surface area (Å²) in [5.41, 5.74) is 0.424. The van der Waals surface area contributed by atoms with Crippen LogP contribution in [0.15, 0.2) is 40.3 Å². The maximum Gasteiger partial charge on any atom is 0.349 e. The largest absolute Gasteiger partial charge is 0.457 e. The first-order chi connectivity index (χ1) is 13.0. The number of halogens is 2. The van der Waals surface area contributed by atoms with Crippen molar-refractivity contribution in [2.24, 2.45) is 0 Å². The van der Waals surface area contributed by atoms with Gasteiger partial charge in [0.2, 0.25) is 0 Å². The lowest BCUT2D eigenvalue weighted by atomic mass is 9.93. The van der Waals surface area contributed by atoms with E-state index in [1.165, 1.54) is 6.08 Å². The van der Waals surface area contributed by atoms with Gasteiger partial charge in [-0.25, -0.2) is 9.59 Å². The van der Waals surface area contributed by atoms with Crippen LogP contribution in [0.1, 0.15) is 37.9 Å². The minimum absolute atomic E-state index is 0.190. The monoisotopic (exact) mass is 406 g/mol. The molecule has 4 rings (SSSR count). The first-order valence-electron chi connectivity index (χ1n) is 8.70. The molecule has 1 aliphatic heterocycles. The number of benzene rings is 1. The second kappa shape index (κ2) is 7.06. The highest BCUT2D eigenvalue weighted by Crippen LogP contribution is 2.38. The molecule has 0 amide bonds. The molecule has 2 aliphatic rings. The predicted molar refractivity (Wildman–Crippen MR) is 100 cm³/mol. The molecule has 0 unspecified atom stereocenters. The number of hydrogen-bond acceptors (Lipinski definition) is 5. The third-order valence-corrected chi connectivity index (χ3v) is 5.56. The van der Waals surface area contributed by atoms with Crippen molar-refractivity contribution in [2.45, 2.75) is 37.9 Å². The van der Waals surface area contributed by atoms with E-state index in [0.29, 0.717) is 40.0 Å². The highest BCUT2D eigenvalue weighted by molar-refractivity contribution is 6.43. The van der Waals surface area contributed by atoms with Crippen LogP contribution >= 0.6 is 23.2 Å². The summed E-state index contributed by atoms with van der Waals surface area (Å²) in [6, 6.07) is 8.51. The smallest absolute Gasteiger partial charge is 0.349 e. The van der Waals surface area contributed by atoms with E-state index >= 15 is 0 Å². The number of rotatable bonds is 2. The quantitative estimate of drug-likeness (QED) is 0.379. The Morgan fingerprint density at radius 1 is 0.926 bits per heavy atom. The summed E-state index contributed by atoms with van der Waals surface area (Å²) >= 11 is 12.2. The Hall–Kier alpha value is -2.24. The molecule has 1 aromatic carbocycles. The summed E-state index contributed by atoms with van der Waals surface area (Å²) in [6.07, 6.45) is 5.16. The molecule has 140 valence electrons. The minimum Gasteiger partial charge on any atom is -0.457 e. The molecule has 0 bridgehead atoms. The molecule has 0 N–H and O–H groups in total. The highest BCUT2D eigenvalue weighted by atomic mass is 35.5. The minimum atomic E-state index is -1.10. The number of furan rings is 1. The molecule has 7 heteroatoms. The van der Waals surface area contributed by atoms with Crippen LogP contribution in [0, 0.1) is 0 Å². The average Bonchev–Trinajstić information content (AvgIpc) is 3.10. The molecule has 27 heavy (non-hydrogen) atoms. The fourth-order valence-corrected chi connectivity index (χ4v) is 3.77. The lowest BCUT2D eigenvalue weighted by Gasteiger charge is -2.38. The number of carbonyl (C=O) groups excluding carboxylic acids is 2. The molecule has 2 heterocycles. The Kier molecular flexibility index (Phi) is 4.74. The molecule has 1 aromatic heterocycles. The van der Waals surface area contributed by atoms with Gasteiger partial charge in [-0.1, -0.05) is 35.7 Å². The maximum absolute atomic E-state index is 12.4. The second-order valence-electron chi connectivity index (χ2n) is 6.61. The van der Waals surface area contributed by atoms with Gasteiger partial charge in [0.1, 0.15) is 17.1 Å². The van der Waals surface area contributed by atoms with E-state index in [2.05, 4.69) is 0 Å². The molecule has 1 saturated carbocycles. The third kappa shape index (κ3) is 3.49. The maximum atomic E-state index is 12.4. The first-order valence-corrected chi connectivity index (χ1v) is 9.46. The number of hydrogen-bond donors (Lipinski definition) is 0. The van der Waals surface area contributed by atoms with Gasteiger partial charge in [-0.2, -0.15) is 0 Å². The molecule has 5 nitrogen and oxygen atoms in total. The summed E-state index contributed by atoms with van der Waals surface area (Å²) in [6.45, 7) is 0. The van der Waals surface area contributed by atoms with Gasteiger partial charge in [-0.3, -0.25) is 0 Å².